The lowest BCUT2D eigenvalue weighted by Crippen LogP contribution is -2.44. The summed E-state index contributed by atoms with van der Waals surface area (Å²) in [6.07, 6.45) is 3.86. The summed E-state index contributed by atoms with van der Waals surface area (Å²) in [5.41, 5.74) is 0.0728. The molecule has 2 unspecified atom stereocenters. The molecule has 2 heteroatoms. The molecule has 1 aliphatic rings. The standard InChI is InChI=1S/C11H23NO/c1-5-9(2)12-8-11(3,13-4)10-6-7-10/h9-10,12H,5-8H2,1-4H3. The van der Waals surface area contributed by atoms with E-state index in [0.717, 1.165) is 12.5 Å². The second kappa shape index (κ2) is 4.43. The molecule has 1 saturated carbocycles. The van der Waals surface area contributed by atoms with Crippen LogP contribution in [0.1, 0.15) is 40.0 Å². The van der Waals surface area contributed by atoms with Crippen molar-refractivity contribution in [2.45, 2.75) is 51.7 Å². The molecule has 0 aromatic carbocycles. The smallest absolute Gasteiger partial charge is 0.0802 e. The van der Waals surface area contributed by atoms with Crippen molar-refractivity contribution in [3.8, 4) is 0 Å². The van der Waals surface area contributed by atoms with Crippen LogP contribution in [0, 0.1) is 5.92 Å². The molecule has 1 N–H and O–H groups in total. The molecule has 78 valence electrons. The molecular formula is C11H23NO. The van der Waals surface area contributed by atoms with Crippen LogP contribution in [0.3, 0.4) is 0 Å². The van der Waals surface area contributed by atoms with E-state index in [2.05, 4.69) is 26.1 Å². The van der Waals surface area contributed by atoms with Crippen molar-refractivity contribution in [1.29, 1.82) is 0 Å². The molecule has 1 rings (SSSR count). The third-order valence-corrected chi connectivity index (χ3v) is 3.32. The summed E-state index contributed by atoms with van der Waals surface area (Å²) in [5.74, 6) is 0.786. The van der Waals surface area contributed by atoms with Gasteiger partial charge in [0.05, 0.1) is 5.60 Å². The van der Waals surface area contributed by atoms with E-state index in [1.165, 1.54) is 19.3 Å². The normalized spacial score (nSPS) is 24.0. The highest BCUT2D eigenvalue weighted by Crippen LogP contribution is 2.41. The fourth-order valence-corrected chi connectivity index (χ4v) is 1.60. The third-order valence-electron chi connectivity index (χ3n) is 3.32. The van der Waals surface area contributed by atoms with Crippen molar-refractivity contribution in [3.05, 3.63) is 0 Å². The number of methoxy groups -OCH3 is 1. The largest absolute Gasteiger partial charge is 0.377 e. The summed E-state index contributed by atoms with van der Waals surface area (Å²) in [5, 5.41) is 3.52. The molecule has 1 aliphatic carbocycles. The molecule has 0 spiro atoms. The molecule has 0 aromatic rings. The second-order valence-corrected chi connectivity index (χ2v) is 4.48. The van der Waals surface area contributed by atoms with Crippen molar-refractivity contribution < 1.29 is 4.74 Å². The zero-order valence-electron chi connectivity index (χ0n) is 9.39. The van der Waals surface area contributed by atoms with Gasteiger partial charge in [-0.25, -0.2) is 0 Å². The molecule has 1 fully saturated rings. The van der Waals surface area contributed by atoms with Crippen molar-refractivity contribution in [1.82, 2.24) is 5.32 Å². The van der Waals surface area contributed by atoms with E-state index >= 15 is 0 Å². The van der Waals surface area contributed by atoms with Crippen LogP contribution in [0.25, 0.3) is 0 Å². The van der Waals surface area contributed by atoms with Gasteiger partial charge in [-0.2, -0.15) is 0 Å². The van der Waals surface area contributed by atoms with Crippen molar-refractivity contribution in [2.75, 3.05) is 13.7 Å². The predicted octanol–water partition coefficient (Wildman–Crippen LogP) is 2.19. The maximum absolute atomic E-state index is 5.59. The number of ether oxygens (including phenoxy) is 1. The predicted molar refractivity (Wildman–Crippen MR) is 55.9 cm³/mol. The van der Waals surface area contributed by atoms with Crippen LogP contribution in [0.2, 0.25) is 0 Å². The lowest BCUT2D eigenvalue weighted by atomic mass is 10.00. The Morgan fingerprint density at radius 1 is 1.54 bits per heavy atom. The van der Waals surface area contributed by atoms with Crippen LogP contribution < -0.4 is 5.32 Å². The van der Waals surface area contributed by atoms with Crippen LogP contribution in [-0.2, 0) is 4.74 Å². The van der Waals surface area contributed by atoms with Gasteiger partial charge in [-0.05, 0) is 39.0 Å². The van der Waals surface area contributed by atoms with Gasteiger partial charge >= 0.3 is 0 Å². The van der Waals surface area contributed by atoms with Gasteiger partial charge in [0.25, 0.3) is 0 Å². The Hall–Kier alpha value is -0.0800. The van der Waals surface area contributed by atoms with Gasteiger partial charge in [0.15, 0.2) is 0 Å². The van der Waals surface area contributed by atoms with E-state index in [0.29, 0.717) is 6.04 Å². The minimum absolute atomic E-state index is 0.0728. The first-order chi connectivity index (χ1) is 6.12. The molecule has 0 saturated heterocycles. The highest BCUT2D eigenvalue weighted by molar-refractivity contribution is 4.94. The van der Waals surface area contributed by atoms with Gasteiger partial charge in [0.2, 0.25) is 0 Å². The van der Waals surface area contributed by atoms with Crippen LogP contribution in [0.5, 0.6) is 0 Å². The second-order valence-electron chi connectivity index (χ2n) is 4.48. The van der Waals surface area contributed by atoms with Crippen LogP contribution >= 0.6 is 0 Å². The Morgan fingerprint density at radius 3 is 2.54 bits per heavy atom. The number of rotatable bonds is 6. The van der Waals surface area contributed by atoms with Crippen LogP contribution in [-0.4, -0.2) is 25.3 Å². The zero-order valence-corrected chi connectivity index (χ0v) is 9.39. The first kappa shape index (κ1) is 11.0. The van der Waals surface area contributed by atoms with Gasteiger partial charge in [-0.3, -0.25) is 0 Å². The Labute approximate surface area is 82.0 Å². The summed E-state index contributed by atoms with van der Waals surface area (Å²) in [6, 6.07) is 0.605. The maximum atomic E-state index is 5.59. The summed E-state index contributed by atoms with van der Waals surface area (Å²) >= 11 is 0. The summed E-state index contributed by atoms with van der Waals surface area (Å²) in [4.78, 5) is 0. The quantitative estimate of drug-likeness (QED) is 0.685. The van der Waals surface area contributed by atoms with Crippen LogP contribution in [0.4, 0.5) is 0 Å². The van der Waals surface area contributed by atoms with Gasteiger partial charge in [-0.1, -0.05) is 6.92 Å². The molecule has 2 nitrogen and oxygen atoms in total. The molecule has 0 aliphatic heterocycles. The number of hydrogen-bond donors (Lipinski definition) is 1. The number of hydrogen-bond acceptors (Lipinski definition) is 2. The summed E-state index contributed by atoms with van der Waals surface area (Å²) in [6.45, 7) is 7.64. The minimum Gasteiger partial charge on any atom is -0.377 e. The highest BCUT2D eigenvalue weighted by atomic mass is 16.5. The van der Waals surface area contributed by atoms with E-state index in [9.17, 15) is 0 Å². The van der Waals surface area contributed by atoms with Gasteiger partial charge in [0.1, 0.15) is 0 Å². The topological polar surface area (TPSA) is 21.3 Å². The van der Waals surface area contributed by atoms with E-state index in [-0.39, 0.29) is 5.60 Å². The van der Waals surface area contributed by atoms with Crippen molar-refractivity contribution in [2.24, 2.45) is 5.92 Å². The molecule has 0 bridgehead atoms. The van der Waals surface area contributed by atoms with E-state index in [1.54, 1.807) is 0 Å². The van der Waals surface area contributed by atoms with Crippen molar-refractivity contribution in [3.63, 3.8) is 0 Å². The Balaban J connectivity index is 2.30. The molecular weight excluding hydrogens is 162 g/mol. The van der Waals surface area contributed by atoms with Gasteiger partial charge < -0.3 is 10.1 Å². The molecule has 2 atom stereocenters. The highest BCUT2D eigenvalue weighted by Gasteiger charge is 2.41. The first-order valence-electron chi connectivity index (χ1n) is 5.41. The molecule has 0 aromatic heterocycles. The van der Waals surface area contributed by atoms with Gasteiger partial charge in [0, 0.05) is 19.7 Å². The monoisotopic (exact) mass is 185 g/mol. The Morgan fingerprint density at radius 2 is 2.15 bits per heavy atom. The summed E-state index contributed by atoms with van der Waals surface area (Å²) in [7, 11) is 1.83. The SMILES string of the molecule is CCC(C)NCC(C)(OC)C1CC1. The Bertz CT molecular complexity index is 156. The fourth-order valence-electron chi connectivity index (χ4n) is 1.60. The van der Waals surface area contributed by atoms with E-state index < -0.39 is 0 Å². The molecule has 0 heterocycles. The summed E-state index contributed by atoms with van der Waals surface area (Å²) < 4.78 is 5.59. The first-order valence-corrected chi connectivity index (χ1v) is 5.41. The fraction of sp³-hybridized carbons (Fsp3) is 1.00. The molecule has 0 amide bonds. The minimum atomic E-state index is 0.0728. The zero-order chi connectivity index (χ0) is 9.90. The van der Waals surface area contributed by atoms with Gasteiger partial charge in [-0.15, -0.1) is 0 Å². The lowest BCUT2D eigenvalue weighted by molar-refractivity contribution is -0.0137. The van der Waals surface area contributed by atoms with Crippen molar-refractivity contribution >= 4 is 0 Å². The maximum Gasteiger partial charge on any atom is 0.0802 e. The third kappa shape index (κ3) is 2.96. The molecule has 13 heavy (non-hydrogen) atoms. The van der Waals surface area contributed by atoms with Crippen LogP contribution in [0.15, 0.2) is 0 Å². The molecule has 0 radical (unpaired) electrons. The Kier molecular flexibility index (Phi) is 3.74. The average molecular weight is 185 g/mol. The average Bonchev–Trinajstić information content (AvgIpc) is 2.96. The van der Waals surface area contributed by atoms with E-state index in [4.69, 9.17) is 4.74 Å². The lowest BCUT2D eigenvalue weighted by Gasteiger charge is -2.30. The number of nitrogens with one attached hydrogen (secondary N) is 1. The van der Waals surface area contributed by atoms with E-state index in [1.807, 2.05) is 7.11 Å².